The molecule has 0 radical (unpaired) electrons. The van der Waals surface area contributed by atoms with Crippen molar-refractivity contribution in [2.45, 2.75) is 25.9 Å². The van der Waals surface area contributed by atoms with Crippen molar-refractivity contribution in [2.24, 2.45) is 0 Å². The molecule has 2 aromatic carbocycles. The lowest BCUT2D eigenvalue weighted by atomic mass is 9.95. The zero-order chi connectivity index (χ0) is 25.2. The van der Waals surface area contributed by atoms with Gasteiger partial charge in [0.2, 0.25) is 0 Å². The summed E-state index contributed by atoms with van der Waals surface area (Å²) >= 11 is 0. The van der Waals surface area contributed by atoms with E-state index in [1.54, 1.807) is 73.9 Å². The largest absolute Gasteiger partial charge is 0.507 e. The van der Waals surface area contributed by atoms with Gasteiger partial charge in [0.15, 0.2) is 0 Å². The number of nitrogens with zero attached hydrogens (tertiary/aromatic N) is 2. The molecule has 3 aromatic rings. The van der Waals surface area contributed by atoms with Gasteiger partial charge in [-0.3, -0.25) is 14.6 Å². The number of aliphatic hydroxyl groups excluding tert-OH is 1. The third kappa shape index (κ3) is 4.22. The third-order valence-corrected chi connectivity index (χ3v) is 6.34. The minimum atomic E-state index is -0.803. The highest BCUT2D eigenvalue weighted by atomic mass is 16.5. The van der Waals surface area contributed by atoms with Gasteiger partial charge in [-0.2, -0.15) is 0 Å². The number of carbonyl (C=O) groups is 3. The van der Waals surface area contributed by atoms with Gasteiger partial charge in [0.05, 0.1) is 30.4 Å². The van der Waals surface area contributed by atoms with Crippen LogP contribution in [0.1, 0.15) is 45.6 Å². The fourth-order valence-electron chi connectivity index (χ4n) is 4.58. The number of pyridine rings is 1. The molecule has 1 N–H and O–H groups in total. The lowest BCUT2D eigenvalue weighted by molar-refractivity contribution is -0.140. The highest BCUT2D eigenvalue weighted by Gasteiger charge is 2.46. The van der Waals surface area contributed by atoms with Gasteiger partial charge in [0, 0.05) is 30.9 Å². The number of esters is 1. The van der Waals surface area contributed by atoms with Crippen molar-refractivity contribution in [3.63, 3.8) is 0 Å². The van der Waals surface area contributed by atoms with Gasteiger partial charge in [-0.25, -0.2) is 4.79 Å². The Hall–Kier alpha value is -4.46. The van der Waals surface area contributed by atoms with Crippen LogP contribution in [0.2, 0.25) is 0 Å². The van der Waals surface area contributed by atoms with Gasteiger partial charge < -0.3 is 19.5 Å². The number of aromatic nitrogens is 1. The SMILES string of the molecule is CCOC(=O)c1ccc(CN2C(=O)C(=O)/C(=C(\O)c3ccc4c(c3)CCO4)C2c2ccncc2)cc1. The fraction of sp³-hybridized carbons (Fsp3) is 0.214. The second-order valence-electron chi connectivity index (χ2n) is 8.55. The number of benzene rings is 2. The van der Waals surface area contributed by atoms with E-state index in [-0.39, 0.29) is 24.5 Å². The van der Waals surface area contributed by atoms with Crippen LogP contribution in [-0.2, 0) is 27.3 Å². The molecule has 1 saturated heterocycles. The first-order valence-electron chi connectivity index (χ1n) is 11.7. The summed E-state index contributed by atoms with van der Waals surface area (Å²) in [5.41, 5.74) is 3.18. The molecule has 0 bridgehead atoms. The number of fused-ring (bicyclic) bond motifs is 1. The summed E-state index contributed by atoms with van der Waals surface area (Å²) in [6.07, 6.45) is 3.87. The first-order valence-corrected chi connectivity index (χ1v) is 11.7. The number of amides is 1. The summed E-state index contributed by atoms with van der Waals surface area (Å²) in [5, 5.41) is 11.3. The van der Waals surface area contributed by atoms with Crippen molar-refractivity contribution in [3.8, 4) is 5.75 Å². The van der Waals surface area contributed by atoms with Gasteiger partial charge in [0.25, 0.3) is 11.7 Å². The Bertz CT molecular complexity index is 1360. The average Bonchev–Trinajstić information content (AvgIpc) is 3.47. The maximum atomic E-state index is 13.2. The van der Waals surface area contributed by atoms with Crippen molar-refractivity contribution >= 4 is 23.4 Å². The number of likely N-dealkylation sites (tertiary alicyclic amines) is 1. The fourth-order valence-corrected chi connectivity index (χ4v) is 4.58. The predicted molar refractivity (Wildman–Crippen MR) is 130 cm³/mol. The van der Waals surface area contributed by atoms with Crippen LogP contribution in [0.3, 0.4) is 0 Å². The van der Waals surface area contributed by atoms with Gasteiger partial charge in [-0.1, -0.05) is 12.1 Å². The summed E-state index contributed by atoms with van der Waals surface area (Å²) in [4.78, 5) is 43.9. The first kappa shape index (κ1) is 23.3. The van der Waals surface area contributed by atoms with E-state index in [1.807, 2.05) is 0 Å². The Kier molecular flexibility index (Phi) is 6.25. The molecule has 1 fully saturated rings. The molecule has 5 rings (SSSR count). The number of hydrogen-bond donors (Lipinski definition) is 1. The first-order chi connectivity index (χ1) is 17.5. The molecule has 8 nitrogen and oxygen atoms in total. The van der Waals surface area contributed by atoms with Gasteiger partial charge in [-0.15, -0.1) is 0 Å². The Morgan fingerprint density at radius 2 is 1.81 bits per heavy atom. The number of Topliss-reactive ketones (excluding diaryl/α,β-unsaturated/α-hetero) is 1. The third-order valence-electron chi connectivity index (χ3n) is 6.34. The van der Waals surface area contributed by atoms with Gasteiger partial charge in [-0.05, 0) is 66.1 Å². The molecule has 2 aliphatic rings. The molecular weight excluding hydrogens is 460 g/mol. The summed E-state index contributed by atoms with van der Waals surface area (Å²) in [5.74, 6) is -1.37. The van der Waals surface area contributed by atoms with Gasteiger partial charge in [0.1, 0.15) is 11.5 Å². The van der Waals surface area contributed by atoms with Crippen LogP contribution < -0.4 is 4.74 Å². The zero-order valence-corrected chi connectivity index (χ0v) is 19.6. The van der Waals surface area contributed by atoms with Crippen LogP contribution in [0.15, 0.2) is 72.6 Å². The van der Waals surface area contributed by atoms with E-state index in [2.05, 4.69) is 4.98 Å². The normalized spacial score (nSPS) is 18.1. The van der Waals surface area contributed by atoms with Crippen molar-refractivity contribution < 1.29 is 29.0 Å². The highest BCUT2D eigenvalue weighted by molar-refractivity contribution is 6.46. The van der Waals surface area contributed by atoms with Gasteiger partial charge >= 0.3 is 5.97 Å². The van der Waals surface area contributed by atoms with Crippen LogP contribution in [-0.4, -0.2) is 45.9 Å². The van der Waals surface area contributed by atoms with Crippen LogP contribution in [0.4, 0.5) is 0 Å². The predicted octanol–water partition coefficient (Wildman–Crippen LogP) is 3.82. The number of ketones is 1. The Labute approximate surface area is 207 Å². The Morgan fingerprint density at radius 1 is 1.08 bits per heavy atom. The van der Waals surface area contributed by atoms with E-state index in [0.29, 0.717) is 29.7 Å². The second kappa shape index (κ2) is 9.65. The Balaban J connectivity index is 1.53. The Morgan fingerprint density at radius 3 is 2.53 bits per heavy atom. The van der Waals surface area contributed by atoms with Crippen molar-refractivity contribution in [3.05, 3.63) is 100 Å². The quantitative estimate of drug-likeness (QED) is 0.245. The van der Waals surface area contributed by atoms with Crippen molar-refractivity contribution in [2.75, 3.05) is 13.2 Å². The molecule has 1 amide bonds. The average molecular weight is 485 g/mol. The van der Waals surface area contributed by atoms with E-state index >= 15 is 0 Å². The maximum absolute atomic E-state index is 13.2. The molecule has 1 atom stereocenters. The maximum Gasteiger partial charge on any atom is 0.338 e. The number of carbonyl (C=O) groups excluding carboxylic acids is 3. The zero-order valence-electron chi connectivity index (χ0n) is 19.6. The van der Waals surface area contributed by atoms with E-state index in [9.17, 15) is 19.5 Å². The molecule has 1 unspecified atom stereocenters. The standard InChI is InChI=1S/C28H24N2O6/c1-2-35-28(34)19-5-3-17(4-6-19)16-30-24(18-9-12-29-13-10-18)23(26(32)27(30)33)25(31)21-7-8-22-20(15-21)11-14-36-22/h3-10,12-13,15,24,31H,2,11,14,16H2,1H3/b25-23-. The molecule has 36 heavy (non-hydrogen) atoms. The van der Waals surface area contributed by atoms with E-state index in [4.69, 9.17) is 9.47 Å². The van der Waals surface area contributed by atoms with Crippen molar-refractivity contribution in [1.82, 2.24) is 9.88 Å². The molecule has 3 heterocycles. The highest BCUT2D eigenvalue weighted by Crippen LogP contribution is 2.41. The topological polar surface area (TPSA) is 106 Å². The van der Waals surface area contributed by atoms with Crippen LogP contribution in [0.25, 0.3) is 5.76 Å². The molecule has 8 heteroatoms. The molecule has 0 spiro atoms. The summed E-state index contributed by atoms with van der Waals surface area (Å²) in [6.45, 7) is 2.68. The molecule has 2 aliphatic heterocycles. The van der Waals surface area contributed by atoms with Crippen LogP contribution >= 0.6 is 0 Å². The minimum absolute atomic E-state index is 0.0215. The summed E-state index contributed by atoms with van der Waals surface area (Å²) in [7, 11) is 0. The van der Waals surface area contributed by atoms with Crippen molar-refractivity contribution in [1.29, 1.82) is 0 Å². The van der Waals surface area contributed by atoms with Crippen LogP contribution in [0.5, 0.6) is 5.75 Å². The molecule has 182 valence electrons. The summed E-state index contributed by atoms with van der Waals surface area (Å²) < 4.78 is 10.6. The van der Waals surface area contributed by atoms with E-state index in [1.165, 1.54) is 4.90 Å². The molecule has 0 saturated carbocycles. The summed E-state index contributed by atoms with van der Waals surface area (Å²) in [6, 6.07) is 14.6. The molecule has 1 aromatic heterocycles. The minimum Gasteiger partial charge on any atom is -0.507 e. The smallest absolute Gasteiger partial charge is 0.338 e. The van der Waals surface area contributed by atoms with Crippen LogP contribution in [0, 0.1) is 0 Å². The number of rotatable bonds is 6. The van der Waals surface area contributed by atoms with E-state index < -0.39 is 23.7 Å². The lowest BCUT2D eigenvalue weighted by Gasteiger charge is -2.25. The number of ether oxygens (including phenoxy) is 2. The number of hydrogen-bond acceptors (Lipinski definition) is 7. The number of aliphatic hydroxyl groups is 1. The second-order valence-corrected chi connectivity index (χ2v) is 8.55. The monoisotopic (exact) mass is 484 g/mol. The molecule has 0 aliphatic carbocycles. The lowest BCUT2D eigenvalue weighted by Crippen LogP contribution is -2.29. The van der Waals surface area contributed by atoms with E-state index in [0.717, 1.165) is 16.9 Å². The molecular formula is C28H24N2O6.